The Kier molecular flexibility index (Phi) is 2.65. The van der Waals surface area contributed by atoms with Crippen molar-refractivity contribution >= 4 is 17.2 Å². The molecule has 5 heteroatoms. The van der Waals surface area contributed by atoms with Crippen LogP contribution in [0.25, 0.3) is 5.65 Å². The van der Waals surface area contributed by atoms with Crippen LogP contribution in [0.4, 0.5) is 0 Å². The van der Waals surface area contributed by atoms with E-state index in [1.807, 2.05) is 16.7 Å². The van der Waals surface area contributed by atoms with Crippen molar-refractivity contribution in [1.29, 1.82) is 0 Å². The molecule has 0 spiro atoms. The molecule has 14 heavy (non-hydrogen) atoms. The average molecular weight is 212 g/mol. The normalized spacial score (nSPS) is 11.0. The molecular weight excluding hydrogens is 202 g/mol. The van der Waals surface area contributed by atoms with Gasteiger partial charge >= 0.3 is 0 Å². The summed E-state index contributed by atoms with van der Waals surface area (Å²) in [5.74, 6) is 0.865. The first kappa shape index (κ1) is 9.43. The van der Waals surface area contributed by atoms with Gasteiger partial charge in [0.05, 0.1) is 11.6 Å². The number of pyridine rings is 1. The lowest BCUT2D eigenvalue weighted by atomic mass is 10.4. The highest BCUT2D eigenvalue weighted by Gasteiger charge is 2.04. The van der Waals surface area contributed by atoms with E-state index in [2.05, 4.69) is 10.2 Å². The van der Waals surface area contributed by atoms with E-state index in [1.165, 1.54) is 0 Å². The number of fused-ring (bicyclic) bond motifs is 1. The number of hydrogen-bond acceptors (Lipinski definition) is 3. The number of ether oxygens (including phenoxy) is 1. The standard InChI is InChI=1S/C9H10ClN3O/c1-14-5-4-9-12-11-8-3-2-7(10)6-13(8)9/h2-3,6H,4-5H2,1H3. The van der Waals surface area contributed by atoms with E-state index in [-0.39, 0.29) is 0 Å². The molecule has 0 saturated heterocycles. The smallest absolute Gasteiger partial charge is 0.160 e. The fourth-order valence-corrected chi connectivity index (χ4v) is 1.44. The Balaban J connectivity index is 2.40. The second kappa shape index (κ2) is 3.94. The van der Waals surface area contributed by atoms with Gasteiger partial charge < -0.3 is 4.74 Å². The summed E-state index contributed by atoms with van der Waals surface area (Å²) in [7, 11) is 1.66. The van der Waals surface area contributed by atoms with Gasteiger partial charge in [0.1, 0.15) is 5.82 Å². The highest BCUT2D eigenvalue weighted by molar-refractivity contribution is 6.30. The fraction of sp³-hybridized carbons (Fsp3) is 0.333. The number of halogens is 1. The minimum atomic E-state index is 0.632. The molecule has 2 aromatic heterocycles. The van der Waals surface area contributed by atoms with Crippen LogP contribution in [0.15, 0.2) is 18.3 Å². The van der Waals surface area contributed by atoms with Gasteiger partial charge in [-0.05, 0) is 12.1 Å². The lowest BCUT2D eigenvalue weighted by Crippen LogP contribution is -2.00. The van der Waals surface area contributed by atoms with Crippen LogP contribution < -0.4 is 0 Å². The molecule has 0 unspecified atom stereocenters. The van der Waals surface area contributed by atoms with Crippen molar-refractivity contribution < 1.29 is 4.74 Å². The van der Waals surface area contributed by atoms with Gasteiger partial charge in [0.2, 0.25) is 0 Å². The summed E-state index contributed by atoms with van der Waals surface area (Å²) in [5.41, 5.74) is 0.806. The largest absolute Gasteiger partial charge is 0.384 e. The van der Waals surface area contributed by atoms with Gasteiger partial charge in [0, 0.05) is 19.7 Å². The fourth-order valence-electron chi connectivity index (χ4n) is 1.28. The second-order valence-electron chi connectivity index (χ2n) is 2.93. The van der Waals surface area contributed by atoms with E-state index in [0.717, 1.165) is 17.9 Å². The van der Waals surface area contributed by atoms with Gasteiger partial charge in [0.15, 0.2) is 5.65 Å². The Morgan fingerprint density at radius 2 is 2.29 bits per heavy atom. The third-order valence-corrected chi connectivity index (χ3v) is 2.19. The van der Waals surface area contributed by atoms with Crippen LogP contribution in [0.1, 0.15) is 5.82 Å². The van der Waals surface area contributed by atoms with Crippen LogP contribution in [0.3, 0.4) is 0 Å². The summed E-state index contributed by atoms with van der Waals surface area (Å²) in [4.78, 5) is 0. The monoisotopic (exact) mass is 211 g/mol. The van der Waals surface area contributed by atoms with Crippen molar-refractivity contribution in [2.75, 3.05) is 13.7 Å². The Labute approximate surface area is 86.5 Å². The molecule has 0 radical (unpaired) electrons. The lowest BCUT2D eigenvalue weighted by molar-refractivity contribution is 0.200. The molecule has 74 valence electrons. The number of nitrogens with zero attached hydrogens (tertiary/aromatic N) is 3. The minimum Gasteiger partial charge on any atom is -0.384 e. The summed E-state index contributed by atoms with van der Waals surface area (Å²) in [6.45, 7) is 0.632. The number of rotatable bonds is 3. The third-order valence-electron chi connectivity index (χ3n) is 1.97. The zero-order chi connectivity index (χ0) is 9.97. The molecule has 4 nitrogen and oxygen atoms in total. The Hall–Kier alpha value is -1.13. The van der Waals surface area contributed by atoms with Crippen LogP contribution in [0.2, 0.25) is 5.02 Å². The summed E-state index contributed by atoms with van der Waals surface area (Å²) in [5, 5.41) is 8.74. The number of methoxy groups -OCH3 is 1. The molecule has 0 atom stereocenters. The van der Waals surface area contributed by atoms with Gasteiger partial charge in [-0.15, -0.1) is 10.2 Å². The van der Waals surface area contributed by atoms with Crippen LogP contribution in [0, 0.1) is 0 Å². The van der Waals surface area contributed by atoms with Gasteiger partial charge in [-0.2, -0.15) is 0 Å². The van der Waals surface area contributed by atoms with Gasteiger partial charge in [0.25, 0.3) is 0 Å². The Bertz CT molecular complexity index is 441. The molecule has 0 bridgehead atoms. The molecule has 0 aliphatic heterocycles. The zero-order valence-corrected chi connectivity index (χ0v) is 8.53. The molecule has 0 aliphatic carbocycles. The molecule has 0 saturated carbocycles. The Morgan fingerprint density at radius 3 is 3.07 bits per heavy atom. The predicted molar refractivity (Wildman–Crippen MR) is 53.6 cm³/mol. The van der Waals surface area contributed by atoms with Gasteiger partial charge in [-0.1, -0.05) is 11.6 Å². The van der Waals surface area contributed by atoms with E-state index in [1.54, 1.807) is 13.2 Å². The molecule has 2 aromatic rings. The maximum Gasteiger partial charge on any atom is 0.160 e. The van der Waals surface area contributed by atoms with E-state index < -0.39 is 0 Å². The van der Waals surface area contributed by atoms with Crippen molar-refractivity contribution in [2.24, 2.45) is 0 Å². The summed E-state index contributed by atoms with van der Waals surface area (Å²) in [6.07, 6.45) is 2.54. The molecule has 2 rings (SSSR count). The van der Waals surface area contributed by atoms with Crippen LogP contribution in [-0.2, 0) is 11.2 Å². The van der Waals surface area contributed by atoms with Crippen molar-refractivity contribution in [3.8, 4) is 0 Å². The van der Waals surface area contributed by atoms with E-state index in [0.29, 0.717) is 11.6 Å². The predicted octanol–water partition coefficient (Wildman–Crippen LogP) is 1.57. The molecular formula is C9H10ClN3O. The number of aromatic nitrogens is 3. The molecule has 2 heterocycles. The van der Waals surface area contributed by atoms with Crippen LogP contribution >= 0.6 is 11.6 Å². The topological polar surface area (TPSA) is 39.4 Å². The molecule has 0 aliphatic rings. The SMILES string of the molecule is COCCc1nnc2ccc(Cl)cn12. The maximum atomic E-state index is 5.87. The van der Waals surface area contributed by atoms with Crippen molar-refractivity contribution in [3.05, 3.63) is 29.2 Å². The first-order valence-electron chi connectivity index (χ1n) is 4.29. The highest BCUT2D eigenvalue weighted by atomic mass is 35.5. The van der Waals surface area contributed by atoms with Crippen LogP contribution in [-0.4, -0.2) is 28.3 Å². The summed E-state index contributed by atoms with van der Waals surface area (Å²) < 4.78 is 6.86. The molecule has 0 amide bonds. The van der Waals surface area contributed by atoms with Gasteiger partial charge in [-0.25, -0.2) is 0 Å². The van der Waals surface area contributed by atoms with Crippen LogP contribution in [0.5, 0.6) is 0 Å². The summed E-state index contributed by atoms with van der Waals surface area (Å²) in [6, 6.07) is 3.64. The zero-order valence-electron chi connectivity index (χ0n) is 7.77. The van der Waals surface area contributed by atoms with Gasteiger partial charge in [-0.3, -0.25) is 4.40 Å². The van der Waals surface area contributed by atoms with E-state index in [4.69, 9.17) is 16.3 Å². The minimum absolute atomic E-state index is 0.632. The van der Waals surface area contributed by atoms with Crippen molar-refractivity contribution in [1.82, 2.24) is 14.6 Å². The first-order chi connectivity index (χ1) is 6.81. The second-order valence-corrected chi connectivity index (χ2v) is 3.37. The quantitative estimate of drug-likeness (QED) is 0.774. The molecule has 0 N–H and O–H groups in total. The maximum absolute atomic E-state index is 5.87. The Morgan fingerprint density at radius 1 is 1.43 bits per heavy atom. The number of hydrogen-bond donors (Lipinski definition) is 0. The lowest BCUT2D eigenvalue weighted by Gasteiger charge is -1.98. The average Bonchev–Trinajstić information content (AvgIpc) is 2.57. The van der Waals surface area contributed by atoms with Crippen molar-refractivity contribution in [2.45, 2.75) is 6.42 Å². The molecule has 0 aromatic carbocycles. The third kappa shape index (κ3) is 1.71. The van der Waals surface area contributed by atoms with Crippen molar-refractivity contribution in [3.63, 3.8) is 0 Å². The van der Waals surface area contributed by atoms with E-state index in [9.17, 15) is 0 Å². The highest BCUT2D eigenvalue weighted by Crippen LogP contribution is 2.11. The molecule has 0 fully saturated rings. The summed E-state index contributed by atoms with van der Waals surface area (Å²) >= 11 is 5.87. The first-order valence-corrected chi connectivity index (χ1v) is 4.67. The van der Waals surface area contributed by atoms with E-state index >= 15 is 0 Å².